The van der Waals surface area contributed by atoms with Gasteiger partial charge in [0.2, 0.25) is 10.0 Å². The molecule has 1 amide bonds. The highest BCUT2D eigenvalue weighted by Gasteiger charge is 2.46. The second kappa shape index (κ2) is 9.12. The maximum Gasteiger partial charge on any atom is 0.258 e. The first-order valence-electron chi connectivity index (χ1n) is 13.8. The Hall–Kier alpha value is -3.31. The van der Waals surface area contributed by atoms with Gasteiger partial charge in [-0.2, -0.15) is 0 Å². The van der Waals surface area contributed by atoms with E-state index in [1.165, 1.54) is 19.3 Å². The molecule has 7 rings (SSSR count). The Kier molecular flexibility index (Phi) is 5.78. The normalized spacial score (nSPS) is 23.2. The molecular formula is C28H33N5O5S. The molecule has 2 aromatic heterocycles. The first-order chi connectivity index (χ1) is 18.8. The third-order valence-corrected chi connectivity index (χ3v) is 10.2. The number of nitrogens with one attached hydrogen (secondary N) is 2. The van der Waals surface area contributed by atoms with Crippen LogP contribution in [-0.4, -0.2) is 63.0 Å². The first kappa shape index (κ1) is 24.7. The molecule has 1 aromatic carbocycles. The third kappa shape index (κ3) is 4.82. The molecule has 4 heterocycles. The number of rotatable bonds is 8. The van der Waals surface area contributed by atoms with Gasteiger partial charge in [0.25, 0.3) is 5.91 Å². The van der Waals surface area contributed by atoms with E-state index in [1.807, 2.05) is 12.1 Å². The lowest BCUT2D eigenvalue weighted by Crippen LogP contribution is -2.35. The van der Waals surface area contributed by atoms with Crippen LogP contribution < -0.4 is 19.8 Å². The summed E-state index contributed by atoms with van der Waals surface area (Å²) in [7, 11) is -3.69. The largest absolute Gasteiger partial charge is 0.460 e. The number of aliphatic hydroxyl groups excluding tert-OH is 1. The van der Waals surface area contributed by atoms with Crippen LogP contribution in [0, 0.1) is 17.3 Å². The van der Waals surface area contributed by atoms with Gasteiger partial charge in [-0.1, -0.05) is 0 Å². The fourth-order valence-electron chi connectivity index (χ4n) is 6.29. The maximum absolute atomic E-state index is 13.7. The molecule has 2 atom stereocenters. The number of hydrogen-bond donors (Lipinski definition) is 3. The Bertz CT molecular complexity index is 1530. The second-order valence-electron chi connectivity index (χ2n) is 11.6. The highest BCUT2D eigenvalue weighted by Crippen LogP contribution is 2.54. The minimum Gasteiger partial charge on any atom is -0.460 e. The smallest absolute Gasteiger partial charge is 0.258 e. The molecule has 206 valence electrons. The predicted octanol–water partition coefficient (Wildman–Crippen LogP) is 3.65. The highest BCUT2D eigenvalue weighted by atomic mass is 32.2. The molecule has 2 unspecified atom stereocenters. The van der Waals surface area contributed by atoms with Gasteiger partial charge in [0, 0.05) is 31.6 Å². The van der Waals surface area contributed by atoms with Crippen molar-refractivity contribution in [2.45, 2.75) is 32.1 Å². The van der Waals surface area contributed by atoms with E-state index >= 15 is 0 Å². The van der Waals surface area contributed by atoms with Crippen molar-refractivity contribution in [3.8, 4) is 0 Å². The topological polar surface area (TPSA) is 128 Å². The summed E-state index contributed by atoms with van der Waals surface area (Å²) in [5.41, 5.74) is 2.71. The van der Waals surface area contributed by atoms with Crippen molar-refractivity contribution in [2.24, 2.45) is 17.3 Å². The number of carbonyl (C=O) groups is 1. The lowest BCUT2D eigenvalue weighted by molar-refractivity contribution is 0.102. The Morgan fingerprint density at radius 1 is 1.08 bits per heavy atom. The van der Waals surface area contributed by atoms with Crippen LogP contribution in [0.15, 0.2) is 41.0 Å². The molecule has 0 bridgehead atoms. The summed E-state index contributed by atoms with van der Waals surface area (Å²) in [6.45, 7) is 3.07. The van der Waals surface area contributed by atoms with Crippen molar-refractivity contribution in [3.63, 3.8) is 0 Å². The Labute approximate surface area is 227 Å². The van der Waals surface area contributed by atoms with Gasteiger partial charge in [-0.3, -0.25) is 9.52 Å². The number of benzene rings is 1. The Morgan fingerprint density at radius 3 is 2.56 bits per heavy atom. The van der Waals surface area contributed by atoms with E-state index in [2.05, 4.69) is 19.8 Å². The minimum absolute atomic E-state index is 0.299. The van der Waals surface area contributed by atoms with E-state index in [0.717, 1.165) is 67.6 Å². The van der Waals surface area contributed by atoms with Gasteiger partial charge >= 0.3 is 0 Å². The van der Waals surface area contributed by atoms with E-state index in [9.17, 15) is 13.2 Å². The molecule has 39 heavy (non-hydrogen) atoms. The van der Waals surface area contributed by atoms with Crippen LogP contribution in [-0.2, 0) is 10.0 Å². The van der Waals surface area contributed by atoms with E-state index in [0.29, 0.717) is 28.2 Å². The number of piperidine rings is 2. The Balaban J connectivity index is 1.18. The molecule has 3 aromatic rings. The van der Waals surface area contributed by atoms with Crippen LogP contribution in [0.5, 0.6) is 0 Å². The molecule has 2 aliphatic carbocycles. The number of nitrogens with zero attached hydrogens (tertiary/aromatic N) is 3. The number of aliphatic hydroxyl groups is 1. The van der Waals surface area contributed by atoms with Crippen molar-refractivity contribution in [1.29, 1.82) is 0 Å². The summed E-state index contributed by atoms with van der Waals surface area (Å²) in [6, 6.07) is 8.69. The zero-order valence-corrected chi connectivity index (χ0v) is 22.5. The third-order valence-electron chi connectivity index (χ3n) is 8.93. The van der Waals surface area contributed by atoms with E-state index < -0.39 is 16.6 Å². The number of sulfonamides is 1. The highest BCUT2D eigenvalue weighted by molar-refractivity contribution is 7.92. The van der Waals surface area contributed by atoms with E-state index in [-0.39, 0.29) is 11.7 Å². The molecule has 2 aliphatic heterocycles. The van der Waals surface area contributed by atoms with Crippen molar-refractivity contribution in [2.75, 3.05) is 58.4 Å². The fourth-order valence-corrected chi connectivity index (χ4v) is 7.12. The fraction of sp³-hybridized carbons (Fsp3) is 0.500. The minimum atomic E-state index is -3.69. The van der Waals surface area contributed by atoms with Crippen molar-refractivity contribution >= 4 is 49.9 Å². The van der Waals surface area contributed by atoms with Crippen LogP contribution >= 0.6 is 0 Å². The van der Waals surface area contributed by atoms with Gasteiger partial charge in [0.1, 0.15) is 5.82 Å². The Morgan fingerprint density at radius 2 is 1.85 bits per heavy atom. The summed E-state index contributed by atoms with van der Waals surface area (Å²) < 4.78 is 32.9. The molecule has 4 fully saturated rings. The monoisotopic (exact) mass is 551 g/mol. The van der Waals surface area contributed by atoms with Gasteiger partial charge in [0.15, 0.2) is 11.4 Å². The molecule has 2 saturated carbocycles. The molecule has 4 aliphatic rings. The average Bonchev–Trinajstić information content (AvgIpc) is 3.73. The van der Waals surface area contributed by atoms with Gasteiger partial charge in [-0.05, 0) is 79.7 Å². The second-order valence-corrected chi connectivity index (χ2v) is 13.5. The van der Waals surface area contributed by atoms with Crippen molar-refractivity contribution in [1.82, 2.24) is 4.98 Å². The molecule has 10 nitrogen and oxygen atoms in total. The molecule has 3 N–H and O–H groups in total. The van der Waals surface area contributed by atoms with Crippen LogP contribution in [0.1, 0.15) is 42.5 Å². The summed E-state index contributed by atoms with van der Waals surface area (Å²) in [6.07, 6.45) is 7.58. The predicted molar refractivity (Wildman–Crippen MR) is 150 cm³/mol. The summed E-state index contributed by atoms with van der Waals surface area (Å²) in [4.78, 5) is 22.9. The molecule has 0 radical (unpaired) electrons. The van der Waals surface area contributed by atoms with Gasteiger partial charge < -0.3 is 24.6 Å². The van der Waals surface area contributed by atoms with Gasteiger partial charge in [0.05, 0.1) is 35.6 Å². The summed E-state index contributed by atoms with van der Waals surface area (Å²) in [5.74, 6) is 1.99. The number of aromatic nitrogens is 1. The number of furan rings is 1. The van der Waals surface area contributed by atoms with Gasteiger partial charge in [-0.25, -0.2) is 13.4 Å². The molecule has 2 saturated heterocycles. The lowest BCUT2D eigenvalue weighted by atomic mass is 9.93. The number of carbonyl (C=O) groups excluding carboxylic acids is 1. The average molecular weight is 552 g/mol. The van der Waals surface area contributed by atoms with Gasteiger partial charge in [-0.15, -0.1) is 0 Å². The zero-order chi connectivity index (χ0) is 26.8. The molecule has 1 spiro atoms. The van der Waals surface area contributed by atoms with Crippen LogP contribution in [0.4, 0.5) is 23.0 Å². The number of pyridine rings is 1. The number of anilines is 4. The summed E-state index contributed by atoms with van der Waals surface area (Å²) in [5, 5.41) is 13.0. The maximum atomic E-state index is 13.7. The van der Waals surface area contributed by atoms with Crippen molar-refractivity contribution in [3.05, 3.63) is 42.2 Å². The lowest BCUT2D eigenvalue weighted by Gasteiger charge is -2.35. The van der Waals surface area contributed by atoms with Crippen LogP contribution in [0.3, 0.4) is 0 Å². The molecule has 11 heteroatoms. The van der Waals surface area contributed by atoms with Crippen molar-refractivity contribution < 1.29 is 22.7 Å². The summed E-state index contributed by atoms with van der Waals surface area (Å²) >= 11 is 0. The number of hydrogen-bond acceptors (Lipinski definition) is 8. The van der Waals surface area contributed by atoms with E-state index in [1.54, 1.807) is 24.5 Å². The first-order valence-corrected chi connectivity index (χ1v) is 15.4. The van der Waals surface area contributed by atoms with E-state index in [4.69, 9.17) is 14.5 Å². The van der Waals surface area contributed by atoms with Crippen LogP contribution in [0.2, 0.25) is 0 Å². The molecular weight excluding hydrogens is 518 g/mol. The van der Waals surface area contributed by atoms with Crippen LogP contribution in [0.25, 0.3) is 11.0 Å². The number of amides is 1. The quantitative estimate of drug-likeness (QED) is 0.387. The SMILES string of the molecule is O=C(Nc1cc2ccoc2c(N2CC3CC3C2)n1)c1ccc(NS(=O)(=O)CCO)cc1N1CCC2(CC1)CC2. The zero-order valence-electron chi connectivity index (χ0n) is 21.7. The standard InChI is InChI=1S/C28H33N5O5S/c34-10-12-39(36,37)31-21-1-2-22(23(15-21)32-8-6-28(4-5-28)7-9-32)27(35)30-24-14-18-3-11-38-25(18)26(29-24)33-16-19-13-20(19)17-33/h1-3,11,14-15,19-20,31,34H,4-10,12-13,16-17H2,(H,29,30,35). The number of fused-ring (bicyclic) bond motifs is 2.